The maximum atomic E-state index is 12.7. The van der Waals surface area contributed by atoms with Crippen LogP contribution in [0.2, 0.25) is 0 Å². The number of benzene rings is 1. The van der Waals surface area contributed by atoms with Crippen LogP contribution in [0.25, 0.3) is 0 Å². The molecule has 8 heteroatoms. The van der Waals surface area contributed by atoms with Gasteiger partial charge in [-0.25, -0.2) is 4.98 Å². The molecule has 0 unspecified atom stereocenters. The van der Waals surface area contributed by atoms with E-state index in [4.69, 9.17) is 5.73 Å². The highest BCUT2D eigenvalue weighted by atomic mass is 32.1. The van der Waals surface area contributed by atoms with Gasteiger partial charge in [-0.05, 0) is 18.2 Å². The number of anilines is 1. The molecule has 1 aromatic heterocycles. The number of thiazole rings is 1. The summed E-state index contributed by atoms with van der Waals surface area (Å²) in [7, 11) is 0. The zero-order valence-electron chi connectivity index (χ0n) is 10.8. The third-order valence-electron chi connectivity index (χ3n) is 2.77. The minimum atomic E-state index is -4.58. The van der Waals surface area contributed by atoms with E-state index >= 15 is 0 Å². The Morgan fingerprint density at radius 2 is 2.14 bits per heavy atom. The number of alkyl halides is 3. The first-order valence-electron chi connectivity index (χ1n) is 6.00. The summed E-state index contributed by atoms with van der Waals surface area (Å²) in [5, 5.41) is 4.40. The highest BCUT2D eigenvalue weighted by molar-refractivity contribution is 7.07. The lowest BCUT2D eigenvalue weighted by Gasteiger charge is -2.11. The van der Waals surface area contributed by atoms with E-state index in [0.29, 0.717) is 13.0 Å². The monoisotopic (exact) mass is 315 g/mol. The number of carbonyl (C=O) groups excluding carboxylic acids is 1. The molecule has 4 nitrogen and oxygen atoms in total. The Morgan fingerprint density at radius 1 is 1.38 bits per heavy atom. The Hall–Kier alpha value is -2.09. The number of amides is 1. The van der Waals surface area contributed by atoms with E-state index in [0.717, 1.165) is 17.8 Å². The van der Waals surface area contributed by atoms with Gasteiger partial charge in [0, 0.05) is 29.6 Å². The predicted octanol–water partition coefficient (Wildman–Crippen LogP) is 2.72. The summed E-state index contributed by atoms with van der Waals surface area (Å²) in [6.07, 6.45) is -4.06. The SMILES string of the molecule is Nc1ccc(C(=O)NCCc2cscn2)cc1C(F)(F)F. The van der Waals surface area contributed by atoms with Crippen molar-refractivity contribution < 1.29 is 18.0 Å². The number of nitrogens with zero attached hydrogens (tertiary/aromatic N) is 1. The van der Waals surface area contributed by atoms with Gasteiger partial charge >= 0.3 is 6.18 Å². The minimum Gasteiger partial charge on any atom is -0.398 e. The van der Waals surface area contributed by atoms with Crippen molar-refractivity contribution >= 4 is 22.9 Å². The van der Waals surface area contributed by atoms with E-state index in [2.05, 4.69) is 10.3 Å². The van der Waals surface area contributed by atoms with Gasteiger partial charge < -0.3 is 11.1 Å². The average Bonchev–Trinajstić information content (AvgIpc) is 2.91. The third kappa shape index (κ3) is 3.94. The number of nitrogens with one attached hydrogen (secondary N) is 1. The molecule has 1 aromatic carbocycles. The van der Waals surface area contributed by atoms with Crippen LogP contribution in [-0.2, 0) is 12.6 Å². The molecule has 0 bridgehead atoms. The first-order valence-corrected chi connectivity index (χ1v) is 6.94. The zero-order chi connectivity index (χ0) is 15.5. The second-order valence-electron chi connectivity index (χ2n) is 4.29. The van der Waals surface area contributed by atoms with Crippen molar-refractivity contribution in [1.29, 1.82) is 0 Å². The molecule has 112 valence electrons. The molecule has 0 radical (unpaired) electrons. The summed E-state index contributed by atoms with van der Waals surface area (Å²) < 4.78 is 38.1. The van der Waals surface area contributed by atoms with Crippen molar-refractivity contribution in [2.45, 2.75) is 12.6 Å². The molecule has 0 aliphatic heterocycles. The summed E-state index contributed by atoms with van der Waals surface area (Å²) in [6, 6.07) is 3.11. The predicted molar refractivity (Wildman–Crippen MR) is 74.0 cm³/mol. The average molecular weight is 315 g/mol. The molecule has 2 rings (SSSR count). The summed E-state index contributed by atoms with van der Waals surface area (Å²) >= 11 is 1.44. The summed E-state index contributed by atoms with van der Waals surface area (Å²) in [5.41, 5.74) is 6.30. The molecular formula is C13H12F3N3OS. The third-order valence-corrected chi connectivity index (χ3v) is 3.41. The maximum Gasteiger partial charge on any atom is 0.418 e. The number of halogens is 3. The first-order chi connectivity index (χ1) is 9.88. The van der Waals surface area contributed by atoms with Crippen LogP contribution in [0.15, 0.2) is 29.1 Å². The van der Waals surface area contributed by atoms with Gasteiger partial charge in [0.1, 0.15) is 0 Å². The lowest BCUT2D eigenvalue weighted by molar-refractivity contribution is -0.136. The Kier molecular flexibility index (Phi) is 4.46. The normalized spacial score (nSPS) is 11.4. The number of nitrogen functional groups attached to an aromatic ring is 1. The lowest BCUT2D eigenvalue weighted by atomic mass is 10.1. The lowest BCUT2D eigenvalue weighted by Crippen LogP contribution is -2.26. The van der Waals surface area contributed by atoms with Crippen LogP contribution in [0.5, 0.6) is 0 Å². The number of hydrogen-bond donors (Lipinski definition) is 2. The van der Waals surface area contributed by atoms with Crippen molar-refractivity contribution in [3.63, 3.8) is 0 Å². The minimum absolute atomic E-state index is 0.0743. The smallest absolute Gasteiger partial charge is 0.398 e. The Labute approximate surface area is 122 Å². The van der Waals surface area contributed by atoms with Gasteiger partial charge in [-0.3, -0.25) is 4.79 Å². The standard InChI is InChI=1S/C13H12F3N3OS/c14-13(15,16)10-5-8(1-2-11(10)17)12(20)18-4-3-9-6-21-7-19-9/h1-2,5-7H,3-4,17H2,(H,18,20). The van der Waals surface area contributed by atoms with Crippen molar-refractivity contribution in [1.82, 2.24) is 10.3 Å². The van der Waals surface area contributed by atoms with Crippen LogP contribution < -0.4 is 11.1 Å². The molecule has 0 aliphatic carbocycles. The maximum absolute atomic E-state index is 12.7. The summed E-state index contributed by atoms with van der Waals surface area (Å²) in [5.74, 6) is -0.573. The Bertz CT molecular complexity index is 626. The quantitative estimate of drug-likeness (QED) is 0.853. The first kappa shape index (κ1) is 15.3. The molecule has 1 amide bonds. The summed E-state index contributed by atoms with van der Waals surface area (Å²) in [4.78, 5) is 15.9. The van der Waals surface area contributed by atoms with Crippen LogP contribution in [0.4, 0.5) is 18.9 Å². The van der Waals surface area contributed by atoms with Gasteiger partial charge in [0.15, 0.2) is 0 Å². The molecule has 0 fully saturated rings. The van der Waals surface area contributed by atoms with E-state index in [1.54, 1.807) is 5.51 Å². The topological polar surface area (TPSA) is 68.0 Å². The molecule has 2 aromatic rings. The molecule has 0 spiro atoms. The second-order valence-corrected chi connectivity index (χ2v) is 5.00. The van der Waals surface area contributed by atoms with E-state index < -0.39 is 23.3 Å². The van der Waals surface area contributed by atoms with Crippen molar-refractivity contribution in [2.24, 2.45) is 0 Å². The van der Waals surface area contributed by atoms with Crippen LogP contribution in [-0.4, -0.2) is 17.4 Å². The molecule has 1 heterocycles. The molecule has 0 atom stereocenters. The zero-order valence-corrected chi connectivity index (χ0v) is 11.6. The van der Waals surface area contributed by atoms with E-state index in [1.807, 2.05) is 5.38 Å². The summed E-state index contributed by atoms with van der Waals surface area (Å²) in [6.45, 7) is 0.300. The van der Waals surface area contributed by atoms with Crippen molar-refractivity contribution in [2.75, 3.05) is 12.3 Å². The van der Waals surface area contributed by atoms with Crippen molar-refractivity contribution in [3.05, 3.63) is 45.9 Å². The number of hydrogen-bond acceptors (Lipinski definition) is 4. The highest BCUT2D eigenvalue weighted by Crippen LogP contribution is 2.33. The molecule has 0 saturated heterocycles. The Morgan fingerprint density at radius 3 is 2.76 bits per heavy atom. The number of nitrogens with two attached hydrogens (primary N) is 1. The van der Waals surface area contributed by atoms with Gasteiger partial charge in [0.25, 0.3) is 5.91 Å². The molecule has 0 aliphatic rings. The molecule has 0 saturated carbocycles. The van der Waals surface area contributed by atoms with Gasteiger partial charge in [-0.2, -0.15) is 13.2 Å². The number of aromatic nitrogens is 1. The van der Waals surface area contributed by atoms with Gasteiger partial charge in [-0.15, -0.1) is 11.3 Å². The van der Waals surface area contributed by atoms with Gasteiger partial charge in [-0.1, -0.05) is 0 Å². The molecule has 3 N–H and O–H groups in total. The van der Waals surface area contributed by atoms with Crippen molar-refractivity contribution in [3.8, 4) is 0 Å². The number of rotatable bonds is 4. The van der Waals surface area contributed by atoms with Gasteiger partial charge in [0.05, 0.1) is 16.8 Å². The second kappa shape index (κ2) is 6.13. The Balaban J connectivity index is 2.02. The van der Waals surface area contributed by atoms with E-state index in [-0.39, 0.29) is 5.56 Å². The van der Waals surface area contributed by atoms with Crippen LogP contribution in [0, 0.1) is 0 Å². The largest absolute Gasteiger partial charge is 0.418 e. The van der Waals surface area contributed by atoms with Crippen LogP contribution in [0.3, 0.4) is 0 Å². The van der Waals surface area contributed by atoms with Gasteiger partial charge in [0.2, 0.25) is 0 Å². The van der Waals surface area contributed by atoms with Crippen LogP contribution >= 0.6 is 11.3 Å². The fourth-order valence-corrected chi connectivity index (χ4v) is 2.30. The fourth-order valence-electron chi connectivity index (χ4n) is 1.71. The highest BCUT2D eigenvalue weighted by Gasteiger charge is 2.33. The van der Waals surface area contributed by atoms with Crippen LogP contribution in [0.1, 0.15) is 21.6 Å². The fraction of sp³-hybridized carbons (Fsp3) is 0.231. The molecule has 21 heavy (non-hydrogen) atoms. The van der Waals surface area contributed by atoms with E-state index in [1.165, 1.54) is 17.4 Å². The number of carbonyl (C=O) groups is 1. The van der Waals surface area contributed by atoms with E-state index in [9.17, 15) is 18.0 Å². The molecular weight excluding hydrogens is 303 g/mol.